The van der Waals surface area contributed by atoms with Gasteiger partial charge >= 0.3 is 0 Å². The molecule has 8 heteroatoms. The zero-order valence-corrected chi connectivity index (χ0v) is 15.9. The third-order valence-corrected chi connectivity index (χ3v) is 5.93. The fourth-order valence-corrected chi connectivity index (χ4v) is 4.64. The minimum absolute atomic E-state index is 0.258. The van der Waals surface area contributed by atoms with Crippen molar-refractivity contribution >= 4 is 29.1 Å². The molecule has 0 bridgehead atoms. The third-order valence-electron chi connectivity index (χ3n) is 5.93. The van der Waals surface area contributed by atoms with Crippen molar-refractivity contribution in [2.75, 3.05) is 24.0 Å². The van der Waals surface area contributed by atoms with E-state index >= 15 is 0 Å². The van der Waals surface area contributed by atoms with Crippen LogP contribution in [0.5, 0.6) is 11.5 Å². The van der Waals surface area contributed by atoms with Crippen molar-refractivity contribution in [1.29, 1.82) is 0 Å². The van der Waals surface area contributed by atoms with E-state index < -0.39 is 24.0 Å². The maximum Gasteiger partial charge on any atom is 0.251 e. The highest BCUT2D eigenvalue weighted by atomic mass is 16.5. The first-order valence-corrected chi connectivity index (χ1v) is 9.30. The summed E-state index contributed by atoms with van der Waals surface area (Å²) in [7, 11) is 3.13. The number of rotatable bonds is 4. The molecule has 0 aromatic heterocycles. The van der Waals surface area contributed by atoms with Gasteiger partial charge < -0.3 is 14.8 Å². The van der Waals surface area contributed by atoms with Crippen LogP contribution in [-0.2, 0) is 14.4 Å². The lowest BCUT2D eigenvalue weighted by Gasteiger charge is -2.25. The maximum absolute atomic E-state index is 13.4. The summed E-state index contributed by atoms with van der Waals surface area (Å²) in [6.45, 7) is 0. The minimum atomic E-state index is -0.730. The summed E-state index contributed by atoms with van der Waals surface area (Å²) in [6, 6.07) is 11.8. The first kappa shape index (κ1) is 17.5. The average molecular weight is 393 g/mol. The summed E-state index contributed by atoms with van der Waals surface area (Å²) in [5, 5.41) is 2.79. The molecule has 0 saturated carbocycles. The van der Waals surface area contributed by atoms with Gasteiger partial charge in [-0.05, 0) is 48.5 Å². The maximum atomic E-state index is 13.4. The second-order valence-electron chi connectivity index (χ2n) is 7.27. The predicted molar refractivity (Wildman–Crippen MR) is 104 cm³/mol. The number of carbonyl (C=O) groups is 3. The van der Waals surface area contributed by atoms with E-state index in [1.165, 1.54) is 9.80 Å². The topological polar surface area (TPSA) is 88.2 Å². The number of nitrogens with one attached hydrogen (secondary N) is 1. The molecule has 0 radical (unpaired) electrons. The Hall–Kier alpha value is -3.55. The molecule has 3 amide bonds. The van der Waals surface area contributed by atoms with Crippen LogP contribution in [-0.4, -0.2) is 50.1 Å². The molecule has 3 aliphatic heterocycles. The van der Waals surface area contributed by atoms with Crippen molar-refractivity contribution in [2.24, 2.45) is 5.92 Å². The van der Waals surface area contributed by atoms with Crippen LogP contribution in [0.15, 0.2) is 48.5 Å². The summed E-state index contributed by atoms with van der Waals surface area (Å²) < 4.78 is 10.4. The van der Waals surface area contributed by atoms with Crippen LogP contribution in [0.2, 0.25) is 0 Å². The van der Waals surface area contributed by atoms with Crippen molar-refractivity contribution in [3.63, 3.8) is 0 Å². The Labute approximate surface area is 167 Å². The Morgan fingerprint density at radius 2 is 1.21 bits per heavy atom. The van der Waals surface area contributed by atoms with Crippen LogP contribution in [0, 0.1) is 5.92 Å². The summed E-state index contributed by atoms with van der Waals surface area (Å²) in [5.74, 6) is 0.0605. The van der Waals surface area contributed by atoms with Gasteiger partial charge in [-0.15, -0.1) is 0 Å². The fourth-order valence-electron chi connectivity index (χ4n) is 4.64. The molecular formula is C21H19N3O5. The Balaban J connectivity index is 1.56. The van der Waals surface area contributed by atoms with Crippen molar-refractivity contribution in [1.82, 2.24) is 5.32 Å². The zero-order chi connectivity index (χ0) is 20.3. The Morgan fingerprint density at radius 3 is 1.69 bits per heavy atom. The highest BCUT2D eigenvalue weighted by Crippen LogP contribution is 2.45. The normalized spacial score (nSPS) is 27.3. The van der Waals surface area contributed by atoms with Crippen molar-refractivity contribution < 1.29 is 23.9 Å². The van der Waals surface area contributed by atoms with Crippen LogP contribution in [0.1, 0.15) is 0 Å². The molecule has 1 N–H and O–H groups in total. The second kappa shape index (κ2) is 6.23. The first-order valence-electron chi connectivity index (χ1n) is 9.30. The van der Waals surface area contributed by atoms with Crippen molar-refractivity contribution in [2.45, 2.75) is 18.1 Å². The molecule has 2 aromatic rings. The number of hydrogen-bond donors (Lipinski definition) is 1. The Bertz CT molecular complexity index is 958. The standard InChI is InChI=1S/C21H19N3O5/c1-28-13-7-3-11(4-8-13)23-17-15-16(22-19(17)25)20(26)24(18(15)21(23)27)12-5-9-14(29-2)10-6-12/h3-10,15-18H,1-2H3,(H,22,25)/t15-,16-,17-,18-/m0/s1. The van der Waals surface area contributed by atoms with Gasteiger partial charge in [0.15, 0.2) is 0 Å². The summed E-state index contributed by atoms with van der Waals surface area (Å²) in [5.41, 5.74) is 1.21. The molecule has 0 spiro atoms. The predicted octanol–water partition coefficient (Wildman–Crippen LogP) is 0.949. The van der Waals surface area contributed by atoms with E-state index in [-0.39, 0.29) is 17.7 Å². The molecule has 3 fully saturated rings. The quantitative estimate of drug-likeness (QED) is 0.836. The number of benzene rings is 2. The molecule has 0 unspecified atom stereocenters. The Kier molecular flexibility index (Phi) is 3.77. The van der Waals surface area contributed by atoms with Crippen LogP contribution < -0.4 is 24.6 Å². The van der Waals surface area contributed by atoms with Gasteiger partial charge in [0.25, 0.3) is 11.8 Å². The summed E-state index contributed by atoms with van der Waals surface area (Å²) >= 11 is 0. The van der Waals surface area contributed by atoms with Crippen molar-refractivity contribution in [3.05, 3.63) is 48.5 Å². The van der Waals surface area contributed by atoms with Crippen LogP contribution in [0.4, 0.5) is 11.4 Å². The SMILES string of the molecule is COc1ccc(N2C(=O)[C@H]3NC(=O)[C@@H]4[C@H]3[C@H]2C(=O)N4c2ccc(OC)cc2)cc1. The number of nitrogens with zero attached hydrogens (tertiary/aromatic N) is 2. The van der Waals surface area contributed by atoms with Crippen LogP contribution >= 0.6 is 0 Å². The van der Waals surface area contributed by atoms with Crippen molar-refractivity contribution in [3.8, 4) is 11.5 Å². The highest BCUT2D eigenvalue weighted by molar-refractivity contribution is 6.20. The minimum Gasteiger partial charge on any atom is -0.497 e. The summed E-state index contributed by atoms with van der Waals surface area (Å²) in [4.78, 5) is 42.1. The monoisotopic (exact) mass is 393 g/mol. The van der Waals surface area contributed by atoms with Gasteiger partial charge in [-0.1, -0.05) is 0 Å². The molecule has 29 heavy (non-hydrogen) atoms. The lowest BCUT2D eigenvalue weighted by molar-refractivity contribution is -0.124. The van der Waals surface area contributed by atoms with Gasteiger partial charge in [0.2, 0.25) is 5.91 Å². The second-order valence-corrected chi connectivity index (χ2v) is 7.27. The molecular weight excluding hydrogens is 374 g/mol. The van der Waals surface area contributed by atoms with Crippen LogP contribution in [0.3, 0.4) is 0 Å². The number of carbonyl (C=O) groups excluding carboxylic acids is 3. The molecule has 3 saturated heterocycles. The van der Waals surface area contributed by atoms with E-state index in [1.807, 2.05) is 0 Å². The van der Waals surface area contributed by atoms with Gasteiger partial charge in [-0.2, -0.15) is 0 Å². The zero-order valence-electron chi connectivity index (χ0n) is 15.9. The summed E-state index contributed by atoms with van der Waals surface area (Å²) in [6.07, 6.45) is 0. The number of hydrogen-bond acceptors (Lipinski definition) is 5. The van der Waals surface area contributed by atoms with E-state index in [0.717, 1.165) is 0 Å². The average Bonchev–Trinajstić information content (AvgIpc) is 3.34. The molecule has 4 atom stereocenters. The molecule has 5 rings (SSSR count). The molecule has 3 heterocycles. The smallest absolute Gasteiger partial charge is 0.251 e. The number of anilines is 2. The highest BCUT2D eigenvalue weighted by Gasteiger charge is 2.68. The molecule has 3 aliphatic rings. The van der Waals surface area contributed by atoms with Gasteiger partial charge in [0, 0.05) is 17.3 Å². The largest absolute Gasteiger partial charge is 0.497 e. The van der Waals surface area contributed by atoms with E-state index in [1.54, 1.807) is 62.8 Å². The van der Waals surface area contributed by atoms with Crippen LogP contribution in [0.25, 0.3) is 0 Å². The van der Waals surface area contributed by atoms with Gasteiger partial charge in [-0.25, -0.2) is 0 Å². The Morgan fingerprint density at radius 1 is 0.724 bits per heavy atom. The number of methoxy groups -OCH3 is 2. The number of amides is 3. The van der Waals surface area contributed by atoms with E-state index in [9.17, 15) is 14.4 Å². The van der Waals surface area contributed by atoms with Gasteiger partial charge in [0.05, 0.1) is 14.2 Å². The van der Waals surface area contributed by atoms with E-state index in [4.69, 9.17) is 9.47 Å². The lowest BCUT2D eigenvalue weighted by Crippen LogP contribution is -2.43. The van der Waals surface area contributed by atoms with Gasteiger partial charge in [-0.3, -0.25) is 24.2 Å². The van der Waals surface area contributed by atoms with Gasteiger partial charge in [0.1, 0.15) is 29.6 Å². The lowest BCUT2D eigenvalue weighted by atomic mass is 9.96. The molecule has 0 aliphatic carbocycles. The third kappa shape index (κ3) is 2.35. The van der Waals surface area contributed by atoms with E-state index in [2.05, 4.69) is 5.32 Å². The van der Waals surface area contributed by atoms with E-state index in [0.29, 0.717) is 22.9 Å². The molecule has 148 valence electrons. The number of ether oxygens (including phenoxy) is 2. The molecule has 8 nitrogen and oxygen atoms in total. The first-order chi connectivity index (χ1) is 14.0. The fraction of sp³-hybridized carbons (Fsp3) is 0.286. The molecule has 2 aromatic carbocycles.